The number of nitrogens with zero attached hydrogens (tertiary/aromatic N) is 1. The van der Waals surface area contributed by atoms with Gasteiger partial charge in [-0.1, -0.05) is 12.1 Å². The van der Waals surface area contributed by atoms with Crippen LogP contribution >= 0.6 is 7.60 Å². The summed E-state index contributed by atoms with van der Waals surface area (Å²) in [7, 11) is -4.04. The summed E-state index contributed by atoms with van der Waals surface area (Å²) in [5, 5.41) is 0. The zero-order valence-corrected chi connectivity index (χ0v) is 15.0. The molecule has 0 saturated carbocycles. The van der Waals surface area contributed by atoms with Crippen LogP contribution in [-0.4, -0.2) is 22.5 Å². The summed E-state index contributed by atoms with van der Waals surface area (Å²) in [5.74, 6) is 0. The van der Waals surface area contributed by atoms with E-state index in [4.69, 9.17) is 0 Å². The Morgan fingerprint density at radius 2 is 1.26 bits per heavy atom. The van der Waals surface area contributed by atoms with Crippen molar-refractivity contribution in [3.8, 4) is 0 Å². The predicted molar refractivity (Wildman–Crippen MR) is 95.7 cm³/mol. The van der Waals surface area contributed by atoms with Gasteiger partial charge in [0.25, 0.3) is 0 Å². The lowest BCUT2D eigenvalue weighted by molar-refractivity contribution is 0.373. The molecule has 23 heavy (non-hydrogen) atoms. The number of anilines is 2. The van der Waals surface area contributed by atoms with Crippen LogP contribution in [0.25, 0.3) is 0 Å². The first-order chi connectivity index (χ1) is 10.7. The Labute approximate surface area is 137 Å². The second kappa shape index (κ2) is 6.88. The quantitative estimate of drug-likeness (QED) is 0.804. The van der Waals surface area contributed by atoms with Crippen molar-refractivity contribution in [1.82, 2.24) is 0 Å². The Morgan fingerprint density at radius 3 is 1.61 bits per heavy atom. The summed E-state index contributed by atoms with van der Waals surface area (Å²) in [4.78, 5) is 20.5. The van der Waals surface area contributed by atoms with Gasteiger partial charge in [-0.25, -0.2) is 0 Å². The third-order valence-electron chi connectivity index (χ3n) is 4.22. The van der Waals surface area contributed by atoms with Crippen LogP contribution in [0, 0.1) is 27.7 Å². The molecule has 0 saturated heterocycles. The highest BCUT2D eigenvalue weighted by molar-refractivity contribution is 7.51. The zero-order valence-electron chi connectivity index (χ0n) is 14.1. The van der Waals surface area contributed by atoms with Gasteiger partial charge in [0.15, 0.2) is 0 Å². The Morgan fingerprint density at radius 1 is 0.826 bits per heavy atom. The van der Waals surface area contributed by atoms with Gasteiger partial charge >= 0.3 is 7.60 Å². The van der Waals surface area contributed by atoms with Crippen molar-refractivity contribution in [3.05, 3.63) is 58.7 Å². The van der Waals surface area contributed by atoms with Gasteiger partial charge in [-0.2, -0.15) is 0 Å². The van der Waals surface area contributed by atoms with E-state index < -0.39 is 7.60 Å². The maximum atomic E-state index is 11.3. The fourth-order valence-electron chi connectivity index (χ4n) is 2.42. The zero-order chi connectivity index (χ0) is 17.2. The molecule has 0 fully saturated rings. The van der Waals surface area contributed by atoms with Gasteiger partial charge in [0, 0.05) is 17.9 Å². The molecule has 0 atom stereocenters. The molecule has 124 valence electrons. The van der Waals surface area contributed by atoms with Crippen LogP contribution in [-0.2, 0) is 4.57 Å². The highest BCUT2D eigenvalue weighted by Gasteiger charge is 2.18. The minimum absolute atomic E-state index is 0.174. The molecular weight excluding hydrogens is 309 g/mol. The first kappa shape index (κ1) is 17.7. The predicted octanol–water partition coefficient (Wildman–Crippen LogP) is 4.24. The van der Waals surface area contributed by atoms with E-state index in [1.807, 2.05) is 43.0 Å². The lowest BCUT2D eigenvalue weighted by atomic mass is 10.1. The average Bonchev–Trinajstić information content (AvgIpc) is 2.45. The fraction of sp³-hybridized carbons (Fsp3) is 0.333. The first-order valence-corrected chi connectivity index (χ1v) is 9.44. The molecule has 4 nitrogen and oxygen atoms in total. The van der Waals surface area contributed by atoms with Crippen molar-refractivity contribution in [2.75, 3.05) is 17.6 Å². The van der Waals surface area contributed by atoms with Crippen LogP contribution in [0.1, 0.15) is 22.3 Å². The molecule has 0 bridgehead atoms. The van der Waals surface area contributed by atoms with Crippen molar-refractivity contribution in [3.63, 3.8) is 0 Å². The summed E-state index contributed by atoms with van der Waals surface area (Å²) in [5.41, 5.74) is 6.61. The Bertz CT molecular complexity index is 700. The number of hydrogen-bond donors (Lipinski definition) is 2. The molecule has 0 aliphatic carbocycles. The monoisotopic (exact) mass is 333 g/mol. The van der Waals surface area contributed by atoms with E-state index in [1.165, 1.54) is 11.1 Å². The summed E-state index contributed by atoms with van der Waals surface area (Å²) in [6, 6.07) is 12.2. The summed E-state index contributed by atoms with van der Waals surface area (Å²) in [6.07, 6.45) is -0.174. The SMILES string of the molecule is Cc1ccc(N(CCP(=O)(O)O)c2ccc(C)c(C)c2)cc1C. The smallest absolute Gasteiger partial charge is 0.327 e. The molecule has 0 aliphatic heterocycles. The molecule has 0 unspecified atom stereocenters. The van der Waals surface area contributed by atoms with E-state index >= 15 is 0 Å². The van der Waals surface area contributed by atoms with E-state index in [0.717, 1.165) is 22.5 Å². The van der Waals surface area contributed by atoms with Crippen molar-refractivity contribution in [2.45, 2.75) is 27.7 Å². The fourth-order valence-corrected chi connectivity index (χ4v) is 2.89. The van der Waals surface area contributed by atoms with Gasteiger partial charge in [-0.15, -0.1) is 0 Å². The third kappa shape index (κ3) is 4.68. The Hall–Kier alpha value is -1.61. The summed E-state index contributed by atoms with van der Waals surface area (Å²) in [6.45, 7) is 8.46. The average molecular weight is 333 g/mol. The molecule has 2 rings (SSSR count). The minimum atomic E-state index is -4.04. The standard InChI is InChI=1S/C18H24NO3P/c1-13-5-7-17(11-15(13)3)19(9-10-23(20,21)22)18-8-6-14(2)16(4)12-18/h5-8,11-12H,9-10H2,1-4H3,(H2,20,21,22). The second-order valence-corrected chi connectivity index (χ2v) is 7.85. The highest BCUT2D eigenvalue weighted by Crippen LogP contribution is 2.36. The van der Waals surface area contributed by atoms with Gasteiger partial charge in [0.1, 0.15) is 0 Å². The molecule has 0 heterocycles. The lowest BCUT2D eigenvalue weighted by Crippen LogP contribution is -2.21. The number of hydrogen-bond acceptors (Lipinski definition) is 2. The van der Waals surface area contributed by atoms with E-state index in [0.29, 0.717) is 0 Å². The van der Waals surface area contributed by atoms with Gasteiger partial charge in [0.05, 0.1) is 6.16 Å². The van der Waals surface area contributed by atoms with Crippen molar-refractivity contribution in [2.24, 2.45) is 0 Å². The van der Waals surface area contributed by atoms with Crippen LogP contribution in [0.4, 0.5) is 11.4 Å². The molecule has 5 heteroatoms. The molecule has 2 aromatic carbocycles. The maximum Gasteiger partial charge on any atom is 0.327 e. The van der Waals surface area contributed by atoms with Crippen LogP contribution in [0.3, 0.4) is 0 Å². The number of aryl methyl sites for hydroxylation is 4. The van der Waals surface area contributed by atoms with Gasteiger partial charge < -0.3 is 14.7 Å². The van der Waals surface area contributed by atoms with Crippen molar-refractivity contribution in [1.29, 1.82) is 0 Å². The van der Waals surface area contributed by atoms with Crippen LogP contribution in [0.15, 0.2) is 36.4 Å². The van der Waals surface area contributed by atoms with E-state index in [-0.39, 0.29) is 12.7 Å². The van der Waals surface area contributed by atoms with E-state index in [1.54, 1.807) is 0 Å². The maximum absolute atomic E-state index is 11.3. The second-order valence-electron chi connectivity index (χ2n) is 6.08. The molecule has 2 N–H and O–H groups in total. The molecule has 0 aromatic heterocycles. The van der Waals surface area contributed by atoms with Crippen LogP contribution < -0.4 is 4.90 Å². The lowest BCUT2D eigenvalue weighted by Gasteiger charge is -2.26. The Balaban J connectivity index is 2.43. The van der Waals surface area contributed by atoms with E-state index in [9.17, 15) is 14.4 Å². The molecular formula is C18H24NO3P. The first-order valence-electron chi connectivity index (χ1n) is 7.64. The molecule has 0 amide bonds. The van der Waals surface area contributed by atoms with Gasteiger partial charge in [-0.05, 0) is 74.2 Å². The molecule has 0 radical (unpaired) electrons. The largest absolute Gasteiger partial charge is 0.341 e. The summed E-state index contributed by atoms with van der Waals surface area (Å²) < 4.78 is 11.3. The Kier molecular flexibility index (Phi) is 5.30. The van der Waals surface area contributed by atoms with Crippen molar-refractivity contribution < 1.29 is 14.4 Å². The van der Waals surface area contributed by atoms with E-state index in [2.05, 4.69) is 26.0 Å². The van der Waals surface area contributed by atoms with Crippen molar-refractivity contribution >= 4 is 19.0 Å². The van der Waals surface area contributed by atoms with Gasteiger partial charge in [-0.3, -0.25) is 4.57 Å². The molecule has 0 spiro atoms. The summed E-state index contributed by atoms with van der Waals surface area (Å²) >= 11 is 0. The topological polar surface area (TPSA) is 60.8 Å². The van der Waals surface area contributed by atoms with Gasteiger partial charge in [0.2, 0.25) is 0 Å². The number of rotatable bonds is 5. The normalized spacial score (nSPS) is 11.6. The van der Waals surface area contributed by atoms with Crippen LogP contribution in [0.5, 0.6) is 0 Å². The number of benzene rings is 2. The molecule has 0 aliphatic rings. The van der Waals surface area contributed by atoms with Crippen LogP contribution in [0.2, 0.25) is 0 Å². The third-order valence-corrected chi connectivity index (χ3v) is 5.00. The highest BCUT2D eigenvalue weighted by atomic mass is 31.2. The molecule has 2 aromatic rings. The minimum Gasteiger partial charge on any atom is -0.341 e.